The third-order valence-electron chi connectivity index (χ3n) is 5.06. The first-order chi connectivity index (χ1) is 14.9. The van der Waals surface area contributed by atoms with Crippen molar-refractivity contribution in [1.82, 2.24) is 4.57 Å². The lowest BCUT2D eigenvalue weighted by Gasteiger charge is -2.09. The van der Waals surface area contributed by atoms with Crippen molar-refractivity contribution < 1.29 is 9.53 Å². The Morgan fingerprint density at radius 1 is 1.10 bits per heavy atom. The van der Waals surface area contributed by atoms with E-state index in [9.17, 15) is 10.1 Å². The number of hydrogen-bond donors (Lipinski definition) is 1. The molecule has 0 radical (unpaired) electrons. The van der Waals surface area contributed by atoms with E-state index in [-0.39, 0.29) is 5.57 Å². The second kappa shape index (κ2) is 9.82. The number of carbonyl (C=O) groups excluding carboxylic acids is 1. The first kappa shape index (κ1) is 21.9. The minimum atomic E-state index is -0.435. The lowest BCUT2D eigenvalue weighted by Crippen LogP contribution is -2.13. The fourth-order valence-electron chi connectivity index (χ4n) is 3.47. The topological polar surface area (TPSA) is 67.0 Å². The molecule has 1 aromatic heterocycles. The van der Waals surface area contributed by atoms with Crippen molar-refractivity contribution >= 4 is 17.7 Å². The van der Waals surface area contributed by atoms with Crippen LogP contribution in [0.5, 0.6) is 11.5 Å². The van der Waals surface area contributed by atoms with E-state index in [0.29, 0.717) is 11.4 Å². The third-order valence-corrected chi connectivity index (χ3v) is 5.06. The molecule has 3 rings (SSSR count). The number of anilines is 1. The normalized spacial score (nSPS) is 11.1. The van der Waals surface area contributed by atoms with Crippen LogP contribution in [0, 0.1) is 32.1 Å². The van der Waals surface area contributed by atoms with Crippen molar-refractivity contribution in [1.29, 1.82) is 5.26 Å². The molecule has 1 heterocycles. The number of nitrogens with one attached hydrogen (secondary N) is 1. The maximum atomic E-state index is 12.7. The molecule has 5 heteroatoms. The maximum Gasteiger partial charge on any atom is 0.266 e. The summed E-state index contributed by atoms with van der Waals surface area (Å²) in [5.41, 5.74) is 4.84. The number of hydrogen-bond acceptors (Lipinski definition) is 3. The maximum absolute atomic E-state index is 12.7. The van der Waals surface area contributed by atoms with Crippen LogP contribution >= 0.6 is 0 Å². The molecule has 0 saturated carbocycles. The predicted molar refractivity (Wildman–Crippen MR) is 124 cm³/mol. The molecule has 1 N–H and O–H groups in total. The highest BCUT2D eigenvalue weighted by Gasteiger charge is 2.13. The van der Waals surface area contributed by atoms with Gasteiger partial charge in [-0.3, -0.25) is 4.79 Å². The van der Waals surface area contributed by atoms with Gasteiger partial charge in [0.1, 0.15) is 23.1 Å². The number of benzene rings is 2. The fraction of sp³-hybridized carbons (Fsp3) is 0.231. The number of carbonyl (C=O) groups is 1. The summed E-state index contributed by atoms with van der Waals surface area (Å²) < 4.78 is 8.03. The Labute approximate surface area is 183 Å². The van der Waals surface area contributed by atoms with E-state index in [4.69, 9.17) is 4.74 Å². The molecule has 0 aliphatic rings. The fourth-order valence-corrected chi connectivity index (χ4v) is 3.47. The number of aryl methyl sites for hydroxylation is 2. The quantitative estimate of drug-likeness (QED) is 0.372. The lowest BCUT2D eigenvalue weighted by atomic mass is 10.1. The largest absolute Gasteiger partial charge is 0.457 e. The summed E-state index contributed by atoms with van der Waals surface area (Å²) in [6.07, 6.45) is 2.67. The molecule has 0 saturated heterocycles. The van der Waals surface area contributed by atoms with E-state index >= 15 is 0 Å². The number of nitriles is 1. The Balaban J connectivity index is 1.72. The van der Waals surface area contributed by atoms with Crippen molar-refractivity contribution in [2.45, 2.75) is 40.7 Å². The molecule has 2 aromatic carbocycles. The van der Waals surface area contributed by atoms with E-state index in [1.54, 1.807) is 30.3 Å². The van der Waals surface area contributed by atoms with Crippen molar-refractivity contribution in [2.75, 3.05) is 5.32 Å². The van der Waals surface area contributed by atoms with Crippen LogP contribution in [0.3, 0.4) is 0 Å². The number of ether oxygens (including phenoxy) is 1. The van der Waals surface area contributed by atoms with Crippen molar-refractivity contribution in [3.8, 4) is 17.6 Å². The minimum absolute atomic E-state index is 0.0665. The van der Waals surface area contributed by atoms with Gasteiger partial charge in [-0.1, -0.05) is 19.1 Å². The molecule has 0 spiro atoms. The smallest absolute Gasteiger partial charge is 0.266 e. The molecule has 0 bridgehead atoms. The van der Waals surface area contributed by atoms with Crippen LogP contribution in [0.15, 0.2) is 60.2 Å². The van der Waals surface area contributed by atoms with Gasteiger partial charge < -0.3 is 14.6 Å². The number of nitrogens with zero attached hydrogens (tertiary/aromatic N) is 2. The SMILES string of the molecule is CCCn1c(C)cc(/C=C(\C#N)C(=O)Nc2ccc(Oc3cccc(C)c3)cc2)c1C. The highest BCUT2D eigenvalue weighted by Crippen LogP contribution is 2.24. The Bertz CT molecular complexity index is 1150. The molecule has 3 aromatic rings. The van der Waals surface area contributed by atoms with Gasteiger partial charge in [0.2, 0.25) is 0 Å². The van der Waals surface area contributed by atoms with E-state index in [1.165, 1.54) is 0 Å². The summed E-state index contributed by atoms with van der Waals surface area (Å²) in [4.78, 5) is 12.7. The van der Waals surface area contributed by atoms with E-state index < -0.39 is 5.91 Å². The van der Waals surface area contributed by atoms with Crippen LogP contribution in [0.2, 0.25) is 0 Å². The summed E-state index contributed by atoms with van der Waals surface area (Å²) in [5.74, 6) is 0.991. The molecule has 0 aliphatic carbocycles. The van der Waals surface area contributed by atoms with Gasteiger partial charge in [-0.2, -0.15) is 5.26 Å². The van der Waals surface area contributed by atoms with Crippen LogP contribution in [0.1, 0.15) is 35.9 Å². The Kier molecular flexibility index (Phi) is 6.94. The van der Waals surface area contributed by atoms with Gasteiger partial charge in [0, 0.05) is 23.6 Å². The van der Waals surface area contributed by atoms with Gasteiger partial charge in [0.15, 0.2) is 0 Å². The van der Waals surface area contributed by atoms with Crippen LogP contribution in [0.4, 0.5) is 5.69 Å². The van der Waals surface area contributed by atoms with Crippen LogP contribution in [-0.2, 0) is 11.3 Å². The zero-order valence-electron chi connectivity index (χ0n) is 18.4. The van der Waals surface area contributed by atoms with Gasteiger partial charge in [-0.25, -0.2) is 0 Å². The van der Waals surface area contributed by atoms with Crippen LogP contribution in [0.25, 0.3) is 6.08 Å². The van der Waals surface area contributed by atoms with Crippen molar-refractivity contribution in [3.05, 3.63) is 82.7 Å². The molecule has 0 fully saturated rings. The summed E-state index contributed by atoms with van der Waals surface area (Å²) in [6.45, 7) is 9.09. The summed E-state index contributed by atoms with van der Waals surface area (Å²) in [6, 6.07) is 18.9. The molecule has 0 aliphatic heterocycles. The average Bonchev–Trinajstić information content (AvgIpc) is 3.01. The first-order valence-corrected chi connectivity index (χ1v) is 10.4. The van der Waals surface area contributed by atoms with E-state index in [0.717, 1.165) is 41.2 Å². The predicted octanol–water partition coefficient (Wildman–Crippen LogP) is 6.16. The molecule has 1 amide bonds. The van der Waals surface area contributed by atoms with Gasteiger partial charge in [-0.15, -0.1) is 0 Å². The van der Waals surface area contributed by atoms with E-state index in [2.05, 4.69) is 16.8 Å². The Morgan fingerprint density at radius 2 is 1.84 bits per heavy atom. The van der Waals surface area contributed by atoms with Crippen molar-refractivity contribution in [3.63, 3.8) is 0 Å². The minimum Gasteiger partial charge on any atom is -0.457 e. The number of amides is 1. The standard InChI is InChI=1S/C26H27N3O2/c1-5-13-29-19(3)15-21(20(29)4)16-22(17-27)26(30)28-23-9-11-24(12-10-23)31-25-8-6-7-18(2)14-25/h6-12,14-16H,5,13H2,1-4H3,(H,28,30)/b22-16+. The van der Waals surface area contributed by atoms with Crippen molar-refractivity contribution in [2.24, 2.45) is 0 Å². The number of aromatic nitrogens is 1. The molecular formula is C26H27N3O2. The molecule has 158 valence electrons. The third kappa shape index (κ3) is 5.43. The number of rotatable bonds is 7. The molecular weight excluding hydrogens is 386 g/mol. The first-order valence-electron chi connectivity index (χ1n) is 10.4. The second-order valence-corrected chi connectivity index (χ2v) is 7.54. The van der Waals surface area contributed by atoms with Gasteiger partial charge >= 0.3 is 0 Å². The monoisotopic (exact) mass is 413 g/mol. The van der Waals surface area contributed by atoms with Gasteiger partial charge in [0.05, 0.1) is 0 Å². The molecule has 5 nitrogen and oxygen atoms in total. The summed E-state index contributed by atoms with van der Waals surface area (Å²) in [5, 5.41) is 12.3. The molecule has 0 unspecified atom stereocenters. The Hall–Kier alpha value is -3.78. The van der Waals surface area contributed by atoms with E-state index in [1.807, 2.05) is 57.2 Å². The zero-order valence-corrected chi connectivity index (χ0v) is 18.4. The van der Waals surface area contributed by atoms with Crippen LogP contribution in [-0.4, -0.2) is 10.5 Å². The highest BCUT2D eigenvalue weighted by atomic mass is 16.5. The summed E-state index contributed by atoms with van der Waals surface area (Å²) in [7, 11) is 0. The Morgan fingerprint density at radius 3 is 2.48 bits per heavy atom. The summed E-state index contributed by atoms with van der Waals surface area (Å²) >= 11 is 0. The molecule has 0 atom stereocenters. The zero-order chi connectivity index (χ0) is 22.4. The van der Waals surface area contributed by atoms with Gasteiger partial charge in [0.25, 0.3) is 5.91 Å². The second-order valence-electron chi connectivity index (χ2n) is 7.54. The average molecular weight is 414 g/mol. The lowest BCUT2D eigenvalue weighted by molar-refractivity contribution is -0.112. The molecule has 31 heavy (non-hydrogen) atoms. The van der Waals surface area contributed by atoms with Gasteiger partial charge in [-0.05, 0) is 86.9 Å². The van der Waals surface area contributed by atoms with Crippen LogP contribution < -0.4 is 10.1 Å². The highest BCUT2D eigenvalue weighted by molar-refractivity contribution is 6.09.